The second kappa shape index (κ2) is 3.90. The van der Waals surface area contributed by atoms with Gasteiger partial charge in [-0.15, -0.1) is 0 Å². The van der Waals surface area contributed by atoms with Crippen LogP contribution < -0.4 is 16.8 Å². The molecule has 0 saturated heterocycles. The van der Waals surface area contributed by atoms with Gasteiger partial charge in [-0.1, -0.05) is 12.1 Å². The van der Waals surface area contributed by atoms with E-state index in [1.807, 2.05) is 12.1 Å². The quantitative estimate of drug-likeness (QED) is 0.426. The first-order valence-corrected chi connectivity index (χ1v) is 5.10. The molecular formula is C11H16N4. The van der Waals surface area contributed by atoms with Crippen molar-refractivity contribution >= 4 is 11.5 Å². The fraction of sp³-hybridized carbons (Fsp3) is 0.364. The van der Waals surface area contributed by atoms with Crippen LogP contribution in [0.4, 0.5) is 5.69 Å². The Balaban J connectivity index is 2.19. The Kier molecular flexibility index (Phi) is 2.60. The van der Waals surface area contributed by atoms with Crippen molar-refractivity contribution in [2.24, 2.45) is 11.5 Å². The first-order valence-electron chi connectivity index (χ1n) is 5.10. The van der Waals surface area contributed by atoms with Crippen LogP contribution in [0.1, 0.15) is 11.1 Å². The van der Waals surface area contributed by atoms with Gasteiger partial charge >= 0.3 is 0 Å². The van der Waals surface area contributed by atoms with Crippen LogP contribution in [-0.2, 0) is 12.8 Å². The van der Waals surface area contributed by atoms with E-state index in [1.165, 1.54) is 11.1 Å². The highest BCUT2D eigenvalue weighted by atomic mass is 14.9. The van der Waals surface area contributed by atoms with E-state index in [4.69, 9.17) is 16.9 Å². The van der Waals surface area contributed by atoms with Gasteiger partial charge in [0, 0.05) is 11.7 Å². The molecule has 2 rings (SSSR count). The van der Waals surface area contributed by atoms with Crippen molar-refractivity contribution < 1.29 is 0 Å². The smallest absolute Gasteiger partial charge is 0.110 e. The predicted molar refractivity (Wildman–Crippen MR) is 62.2 cm³/mol. The third kappa shape index (κ3) is 2.10. The Labute approximate surface area is 89.2 Å². The highest BCUT2D eigenvalue weighted by molar-refractivity contribution is 5.82. The van der Waals surface area contributed by atoms with Gasteiger partial charge in [-0.05, 0) is 30.0 Å². The van der Waals surface area contributed by atoms with Gasteiger partial charge in [0.25, 0.3) is 0 Å². The zero-order chi connectivity index (χ0) is 10.8. The van der Waals surface area contributed by atoms with Crippen molar-refractivity contribution in [1.82, 2.24) is 0 Å². The predicted octanol–water partition coefficient (Wildman–Crippen LogP) is 0.460. The van der Waals surface area contributed by atoms with E-state index >= 15 is 0 Å². The summed E-state index contributed by atoms with van der Waals surface area (Å²) in [6.45, 7) is 0.395. The lowest BCUT2D eigenvalue weighted by Gasteiger charge is -2.10. The molecule has 1 aliphatic carbocycles. The molecule has 0 radical (unpaired) electrons. The summed E-state index contributed by atoms with van der Waals surface area (Å²) in [6.07, 6.45) is 1.86. The van der Waals surface area contributed by atoms with Gasteiger partial charge in [0.15, 0.2) is 0 Å². The van der Waals surface area contributed by atoms with E-state index in [1.54, 1.807) is 0 Å². The molecule has 0 bridgehead atoms. The number of benzene rings is 1. The molecule has 0 fully saturated rings. The van der Waals surface area contributed by atoms with Crippen molar-refractivity contribution in [2.75, 3.05) is 11.9 Å². The molecule has 1 aliphatic rings. The van der Waals surface area contributed by atoms with Crippen LogP contribution in [0.2, 0.25) is 0 Å². The summed E-state index contributed by atoms with van der Waals surface area (Å²) in [6, 6.07) is 6.38. The molecule has 1 aromatic rings. The van der Waals surface area contributed by atoms with E-state index in [0.29, 0.717) is 6.54 Å². The van der Waals surface area contributed by atoms with E-state index in [0.717, 1.165) is 18.5 Å². The minimum atomic E-state index is 0.148. The second-order valence-corrected chi connectivity index (χ2v) is 3.99. The van der Waals surface area contributed by atoms with Crippen LogP contribution in [-0.4, -0.2) is 18.4 Å². The second-order valence-electron chi connectivity index (χ2n) is 3.99. The number of hydrogen-bond acceptors (Lipinski definition) is 3. The van der Waals surface area contributed by atoms with Gasteiger partial charge in [-0.25, -0.2) is 0 Å². The molecule has 0 heterocycles. The van der Waals surface area contributed by atoms with Gasteiger partial charge in [0.2, 0.25) is 0 Å². The first kappa shape index (κ1) is 9.98. The molecule has 0 spiro atoms. The van der Waals surface area contributed by atoms with E-state index < -0.39 is 0 Å². The standard InChI is InChI=1S/C11H16N4/c12-8-4-7-2-1-3-10(9(7)5-8)15-6-11(13)14/h1-3,8,15H,4-6,12H2,(H3,13,14). The maximum atomic E-state index is 7.17. The van der Waals surface area contributed by atoms with Crippen molar-refractivity contribution in [3.05, 3.63) is 29.3 Å². The molecule has 0 saturated carbocycles. The molecule has 1 aromatic carbocycles. The number of rotatable bonds is 3. The average molecular weight is 204 g/mol. The number of nitrogens with one attached hydrogen (secondary N) is 2. The summed E-state index contributed by atoms with van der Waals surface area (Å²) in [7, 11) is 0. The lowest BCUT2D eigenvalue weighted by Crippen LogP contribution is -2.22. The van der Waals surface area contributed by atoms with Crippen molar-refractivity contribution in [1.29, 1.82) is 5.41 Å². The highest BCUT2D eigenvalue weighted by Crippen LogP contribution is 2.27. The van der Waals surface area contributed by atoms with E-state index in [9.17, 15) is 0 Å². The Hall–Kier alpha value is -1.55. The number of nitrogens with two attached hydrogens (primary N) is 2. The molecule has 80 valence electrons. The Morgan fingerprint density at radius 1 is 1.47 bits per heavy atom. The Morgan fingerprint density at radius 3 is 3.00 bits per heavy atom. The molecule has 6 N–H and O–H groups in total. The molecule has 0 amide bonds. The van der Waals surface area contributed by atoms with Crippen molar-refractivity contribution in [3.63, 3.8) is 0 Å². The first-order chi connectivity index (χ1) is 7.16. The monoisotopic (exact) mass is 204 g/mol. The van der Waals surface area contributed by atoms with Crippen LogP contribution in [0.5, 0.6) is 0 Å². The largest absolute Gasteiger partial charge is 0.386 e. The average Bonchev–Trinajstić information content (AvgIpc) is 2.55. The molecule has 0 aliphatic heterocycles. The fourth-order valence-electron chi connectivity index (χ4n) is 2.04. The molecular weight excluding hydrogens is 188 g/mol. The lowest BCUT2D eigenvalue weighted by atomic mass is 10.1. The minimum absolute atomic E-state index is 0.148. The van der Waals surface area contributed by atoms with E-state index in [2.05, 4.69) is 11.4 Å². The number of hydrogen-bond donors (Lipinski definition) is 4. The minimum Gasteiger partial charge on any atom is -0.386 e. The SMILES string of the molecule is N=C(N)CNc1cccc2c1CC(N)C2. The van der Waals surface area contributed by atoms with E-state index in [-0.39, 0.29) is 11.9 Å². The fourth-order valence-corrected chi connectivity index (χ4v) is 2.04. The zero-order valence-corrected chi connectivity index (χ0v) is 8.59. The Bertz CT molecular complexity index is 386. The third-order valence-electron chi connectivity index (χ3n) is 2.69. The molecule has 0 aromatic heterocycles. The van der Waals surface area contributed by atoms with Crippen LogP contribution in [0.15, 0.2) is 18.2 Å². The zero-order valence-electron chi connectivity index (χ0n) is 8.59. The molecule has 1 atom stereocenters. The highest BCUT2D eigenvalue weighted by Gasteiger charge is 2.20. The van der Waals surface area contributed by atoms with Crippen LogP contribution in [0, 0.1) is 5.41 Å². The van der Waals surface area contributed by atoms with Gasteiger partial charge in [-0.3, -0.25) is 5.41 Å². The lowest BCUT2D eigenvalue weighted by molar-refractivity contribution is 0.721. The molecule has 4 heteroatoms. The Morgan fingerprint density at radius 2 is 2.27 bits per heavy atom. The number of fused-ring (bicyclic) bond motifs is 1. The molecule has 15 heavy (non-hydrogen) atoms. The maximum absolute atomic E-state index is 7.17. The number of amidine groups is 1. The summed E-state index contributed by atoms with van der Waals surface area (Å²) in [5, 5.41) is 10.3. The van der Waals surface area contributed by atoms with Gasteiger partial charge in [0.05, 0.1) is 6.54 Å². The molecule has 4 nitrogen and oxygen atoms in total. The van der Waals surface area contributed by atoms with Gasteiger partial charge in [0.1, 0.15) is 5.84 Å². The van der Waals surface area contributed by atoms with Crippen LogP contribution in [0.3, 0.4) is 0 Å². The normalized spacial score (nSPS) is 18.6. The van der Waals surface area contributed by atoms with Crippen LogP contribution >= 0.6 is 0 Å². The maximum Gasteiger partial charge on any atom is 0.110 e. The summed E-state index contributed by atoms with van der Waals surface area (Å²) in [4.78, 5) is 0. The summed E-state index contributed by atoms with van der Waals surface area (Å²) in [5.41, 5.74) is 14.9. The number of anilines is 1. The summed E-state index contributed by atoms with van der Waals surface area (Å²) in [5.74, 6) is 0.148. The van der Waals surface area contributed by atoms with Crippen LogP contribution in [0.25, 0.3) is 0 Å². The van der Waals surface area contributed by atoms with Gasteiger partial charge < -0.3 is 16.8 Å². The van der Waals surface area contributed by atoms with Crippen molar-refractivity contribution in [2.45, 2.75) is 18.9 Å². The molecule has 1 unspecified atom stereocenters. The van der Waals surface area contributed by atoms with Gasteiger partial charge in [-0.2, -0.15) is 0 Å². The third-order valence-corrected chi connectivity index (χ3v) is 2.69. The summed E-state index contributed by atoms with van der Waals surface area (Å²) >= 11 is 0. The van der Waals surface area contributed by atoms with Crippen molar-refractivity contribution in [3.8, 4) is 0 Å². The topological polar surface area (TPSA) is 87.9 Å². The summed E-state index contributed by atoms with van der Waals surface area (Å²) < 4.78 is 0.